The fraction of sp³-hybridized carbons (Fsp3) is 0.741. The third-order valence-electron chi connectivity index (χ3n) is 7.02. The molecule has 1 aromatic rings. The highest BCUT2D eigenvalue weighted by molar-refractivity contribution is 7.51. The van der Waals surface area contributed by atoms with Crippen molar-refractivity contribution in [2.24, 2.45) is 0 Å². The van der Waals surface area contributed by atoms with E-state index in [1.807, 2.05) is 0 Å². The topological polar surface area (TPSA) is 158 Å². The van der Waals surface area contributed by atoms with Crippen LogP contribution in [-0.4, -0.2) is 71.7 Å². The van der Waals surface area contributed by atoms with Gasteiger partial charge in [0.2, 0.25) is 5.91 Å². The van der Waals surface area contributed by atoms with Crippen LogP contribution in [0.3, 0.4) is 0 Å². The second-order valence-corrected chi connectivity index (χ2v) is 12.3. The van der Waals surface area contributed by atoms with Crippen LogP contribution in [0.15, 0.2) is 15.8 Å². The number of hydrogen-bond acceptors (Lipinski definition) is 8. The highest BCUT2D eigenvalue weighted by Gasteiger charge is 2.64. The van der Waals surface area contributed by atoms with Crippen molar-refractivity contribution in [2.75, 3.05) is 33.5 Å². The zero-order chi connectivity index (χ0) is 29.2. The number of aromatic amines is 1. The number of carbonyl (C=O) groups is 1. The van der Waals surface area contributed by atoms with Gasteiger partial charge in [0.1, 0.15) is 23.4 Å². The number of carbonyl (C=O) groups excluding carboxylic acids is 1. The Kier molecular flexibility index (Phi) is 12.2. The third kappa shape index (κ3) is 8.87. The Balaban J connectivity index is 1.55. The summed E-state index contributed by atoms with van der Waals surface area (Å²) in [5.41, 5.74) is -2.67. The van der Waals surface area contributed by atoms with Crippen LogP contribution >= 0.6 is 7.60 Å². The number of hydrogen-bond donors (Lipinski definition) is 3. The molecule has 3 N–H and O–H groups in total. The predicted molar refractivity (Wildman–Crippen MR) is 148 cm³/mol. The van der Waals surface area contributed by atoms with E-state index in [4.69, 9.17) is 18.7 Å². The molecule has 0 radical (unpaired) electrons. The van der Waals surface area contributed by atoms with Crippen LogP contribution < -0.4 is 16.6 Å². The number of unbranched alkanes of at least 4 members (excludes halogenated alkanes) is 8. The molecule has 2 aliphatic rings. The van der Waals surface area contributed by atoms with E-state index in [0.717, 1.165) is 30.5 Å². The Morgan fingerprint density at radius 2 is 1.90 bits per heavy atom. The lowest BCUT2D eigenvalue weighted by Crippen LogP contribution is -2.46. The lowest BCUT2D eigenvalue weighted by Gasteiger charge is -2.31. The van der Waals surface area contributed by atoms with Crippen molar-refractivity contribution in [1.29, 1.82) is 0 Å². The van der Waals surface area contributed by atoms with Crippen molar-refractivity contribution in [2.45, 2.75) is 95.2 Å². The van der Waals surface area contributed by atoms with Gasteiger partial charge in [-0.1, -0.05) is 70.1 Å². The number of amides is 1. The standard InChI is InChI=1S/C27H42N3O9P/c1-4-5-6-7-8-9-10-11-12-15-21(31)28-16-13-14-20-17-30(26(33)29-24(20)32)25-22-23(39-40(3,34)35)27(38-25,18-36-2)19-37-22/h17,22-23,25H,4-12,15-16,18-19H2,1-3H3,(H,28,31)(H,34,35)(H,29,32,33)/t22-,23?,25-,27-/m1/s1. The van der Waals surface area contributed by atoms with Gasteiger partial charge in [0.25, 0.3) is 5.56 Å². The van der Waals surface area contributed by atoms with E-state index >= 15 is 0 Å². The monoisotopic (exact) mass is 583 g/mol. The summed E-state index contributed by atoms with van der Waals surface area (Å²) in [5.74, 6) is 5.33. The second kappa shape index (κ2) is 15.1. The Bertz CT molecular complexity index is 1210. The van der Waals surface area contributed by atoms with Crippen LogP contribution in [0.25, 0.3) is 0 Å². The first-order chi connectivity index (χ1) is 19.1. The van der Waals surface area contributed by atoms with Gasteiger partial charge in [-0.2, -0.15) is 0 Å². The maximum absolute atomic E-state index is 12.6. The van der Waals surface area contributed by atoms with Gasteiger partial charge < -0.3 is 24.4 Å². The molecule has 40 heavy (non-hydrogen) atoms. The maximum Gasteiger partial charge on any atom is 0.330 e. The van der Waals surface area contributed by atoms with Crippen LogP contribution in [0.5, 0.6) is 0 Å². The van der Waals surface area contributed by atoms with Crippen molar-refractivity contribution >= 4 is 13.5 Å². The molecule has 2 bridgehead atoms. The first-order valence-corrected chi connectivity index (χ1v) is 16.0. The molecule has 2 unspecified atom stereocenters. The quantitative estimate of drug-likeness (QED) is 0.151. The Hall–Kier alpha value is -2.26. The molecule has 224 valence electrons. The van der Waals surface area contributed by atoms with Crippen LogP contribution in [0.1, 0.15) is 82.9 Å². The molecule has 0 aliphatic carbocycles. The molecule has 0 spiro atoms. The van der Waals surface area contributed by atoms with Gasteiger partial charge in [-0.3, -0.25) is 28.2 Å². The van der Waals surface area contributed by atoms with Crippen LogP contribution in [-0.2, 0) is 28.1 Å². The van der Waals surface area contributed by atoms with Gasteiger partial charge in [0.15, 0.2) is 6.23 Å². The van der Waals surface area contributed by atoms with Crippen molar-refractivity contribution in [3.8, 4) is 11.8 Å². The molecule has 0 saturated carbocycles. The number of rotatable bonds is 16. The highest BCUT2D eigenvalue weighted by Crippen LogP contribution is 2.52. The van der Waals surface area contributed by atoms with E-state index in [1.54, 1.807) is 0 Å². The molecule has 1 aromatic heterocycles. The highest BCUT2D eigenvalue weighted by atomic mass is 31.2. The van der Waals surface area contributed by atoms with E-state index < -0.39 is 42.9 Å². The maximum atomic E-state index is 12.6. The summed E-state index contributed by atoms with van der Waals surface area (Å²) in [4.78, 5) is 49.1. The molecule has 2 fully saturated rings. The summed E-state index contributed by atoms with van der Waals surface area (Å²) in [6.45, 7) is 3.34. The Morgan fingerprint density at radius 3 is 2.55 bits per heavy atom. The van der Waals surface area contributed by atoms with Gasteiger partial charge in [-0.15, -0.1) is 0 Å². The number of ether oxygens (including phenoxy) is 3. The number of H-pyrrole nitrogens is 1. The number of nitrogens with zero attached hydrogens (tertiary/aromatic N) is 1. The minimum atomic E-state index is -3.93. The largest absolute Gasteiger partial charge is 0.381 e. The Morgan fingerprint density at radius 1 is 1.23 bits per heavy atom. The lowest BCUT2D eigenvalue weighted by molar-refractivity contribution is -0.190. The molecular weight excluding hydrogens is 541 g/mol. The first kappa shape index (κ1) is 32.3. The van der Waals surface area contributed by atoms with Crippen molar-refractivity contribution < 1.29 is 33.0 Å². The van der Waals surface area contributed by atoms with E-state index in [1.165, 1.54) is 51.8 Å². The molecule has 5 atom stereocenters. The molecule has 12 nitrogen and oxygen atoms in total. The first-order valence-electron chi connectivity index (χ1n) is 14.0. The number of aromatic nitrogens is 2. The minimum absolute atomic E-state index is 0.00578. The zero-order valence-electron chi connectivity index (χ0n) is 23.6. The number of nitrogens with one attached hydrogen (secondary N) is 2. The van der Waals surface area contributed by atoms with Crippen LogP contribution in [0.2, 0.25) is 0 Å². The van der Waals surface area contributed by atoms with Crippen molar-refractivity contribution in [3.63, 3.8) is 0 Å². The molecule has 1 amide bonds. The zero-order valence-corrected chi connectivity index (χ0v) is 24.5. The second-order valence-electron chi connectivity index (χ2n) is 10.5. The van der Waals surface area contributed by atoms with E-state index in [0.29, 0.717) is 6.42 Å². The molecule has 2 aliphatic heterocycles. The molecule has 0 aromatic carbocycles. The average Bonchev–Trinajstić information content (AvgIpc) is 3.36. The van der Waals surface area contributed by atoms with Crippen LogP contribution in [0.4, 0.5) is 0 Å². The summed E-state index contributed by atoms with van der Waals surface area (Å²) in [6, 6.07) is 0. The fourth-order valence-corrected chi connectivity index (χ4v) is 5.79. The third-order valence-corrected chi connectivity index (χ3v) is 7.64. The smallest absolute Gasteiger partial charge is 0.330 e. The van der Waals surface area contributed by atoms with Crippen molar-refractivity contribution in [1.82, 2.24) is 14.9 Å². The lowest BCUT2D eigenvalue weighted by atomic mass is 10.0. The fourth-order valence-electron chi connectivity index (χ4n) is 5.06. The van der Waals surface area contributed by atoms with Crippen LogP contribution in [0, 0.1) is 11.8 Å². The summed E-state index contributed by atoms with van der Waals surface area (Å²) in [5, 5.41) is 2.73. The van der Waals surface area contributed by atoms with Gasteiger partial charge in [-0.05, 0) is 6.42 Å². The predicted octanol–water partition coefficient (Wildman–Crippen LogP) is 2.44. The normalized spacial score (nSPS) is 24.9. The summed E-state index contributed by atoms with van der Waals surface area (Å²) >= 11 is 0. The SMILES string of the molecule is CCCCCCCCCCCC(=O)NCC#Cc1cn([C@@H]2O[C@]3(COC)CO[C@@H]2C3OP(C)(=O)O)c(=O)[nH]c1=O. The average molecular weight is 584 g/mol. The minimum Gasteiger partial charge on any atom is -0.381 e. The van der Waals surface area contributed by atoms with E-state index in [9.17, 15) is 23.8 Å². The van der Waals surface area contributed by atoms with Crippen molar-refractivity contribution in [3.05, 3.63) is 32.6 Å². The van der Waals surface area contributed by atoms with E-state index in [2.05, 4.69) is 29.1 Å². The molecule has 2 saturated heterocycles. The molecule has 13 heteroatoms. The summed E-state index contributed by atoms with van der Waals surface area (Å²) < 4.78 is 35.6. The van der Waals surface area contributed by atoms with Gasteiger partial charge in [0.05, 0.1) is 19.8 Å². The van der Waals surface area contributed by atoms with Gasteiger partial charge in [0, 0.05) is 26.4 Å². The van der Waals surface area contributed by atoms with E-state index in [-0.39, 0.29) is 31.2 Å². The summed E-state index contributed by atoms with van der Waals surface area (Å²) in [7, 11) is -2.49. The Labute approximate surface area is 234 Å². The van der Waals surface area contributed by atoms with Gasteiger partial charge >= 0.3 is 13.3 Å². The molecular formula is C27H42N3O9P. The molecule has 3 rings (SSSR count). The summed E-state index contributed by atoms with van der Waals surface area (Å²) in [6.07, 6.45) is 9.28. The number of methoxy groups -OCH3 is 1. The number of fused-ring (bicyclic) bond motifs is 2. The van der Waals surface area contributed by atoms with Gasteiger partial charge in [-0.25, -0.2) is 4.79 Å². The molecule has 3 heterocycles.